The highest BCUT2D eigenvalue weighted by Gasteiger charge is 2.50. The smallest absolute Gasteiger partial charge is 0.386 e. The van der Waals surface area contributed by atoms with Crippen LogP contribution in [0.5, 0.6) is 11.8 Å². The largest absolute Gasteiger partial charge is 0.508 e. The maximum absolute atomic E-state index is 17.1. The number of piperazine rings is 1. The van der Waals surface area contributed by atoms with E-state index in [2.05, 4.69) is 25.6 Å². The van der Waals surface area contributed by atoms with Crippen LogP contribution in [0.3, 0.4) is 0 Å². The first-order chi connectivity index (χ1) is 26.7. The third-order valence-electron chi connectivity index (χ3n) is 11.7. The van der Waals surface area contributed by atoms with Crippen molar-refractivity contribution >= 4 is 39.1 Å². The van der Waals surface area contributed by atoms with E-state index in [4.69, 9.17) is 16.1 Å². The van der Waals surface area contributed by atoms with Gasteiger partial charge in [0.05, 0.1) is 34.1 Å². The Balaban J connectivity index is 1.13. The Morgan fingerprint density at radius 3 is 2.62 bits per heavy atom. The van der Waals surface area contributed by atoms with Crippen LogP contribution in [0.2, 0.25) is 0 Å². The van der Waals surface area contributed by atoms with Gasteiger partial charge in [0.1, 0.15) is 41.4 Å². The molecule has 9 rings (SSSR count). The molecule has 0 saturated carbocycles. The summed E-state index contributed by atoms with van der Waals surface area (Å²) in [7, 11) is 0. The third-order valence-corrected chi connectivity index (χ3v) is 11.7. The molecular weight excluding hydrogens is 709 g/mol. The lowest BCUT2D eigenvalue weighted by molar-refractivity contribution is -0.131. The number of pyridine rings is 1. The van der Waals surface area contributed by atoms with Crippen LogP contribution in [0.4, 0.5) is 19.0 Å². The fourth-order valence-electron chi connectivity index (χ4n) is 9.27. The van der Waals surface area contributed by atoms with Gasteiger partial charge in [-0.05, 0) is 67.9 Å². The van der Waals surface area contributed by atoms with E-state index in [0.29, 0.717) is 55.7 Å². The maximum Gasteiger partial charge on any atom is 0.386 e. The van der Waals surface area contributed by atoms with Gasteiger partial charge in [-0.15, -0.1) is 6.42 Å². The number of terminal acetylenes is 1. The summed E-state index contributed by atoms with van der Waals surface area (Å²) >= 11 is 0. The number of ether oxygens (including phenoxy) is 1. The fraction of sp³-hybridized carbons (Fsp3) is 0.341. The maximum atomic E-state index is 17.1. The van der Waals surface area contributed by atoms with E-state index in [1.165, 1.54) is 30.5 Å². The number of hydrogen-bond donors (Lipinski definition) is 1. The van der Waals surface area contributed by atoms with Gasteiger partial charge in [-0.3, -0.25) is 14.7 Å². The average Bonchev–Trinajstić information content (AvgIpc) is 3.80. The van der Waals surface area contributed by atoms with Crippen molar-refractivity contribution in [2.75, 3.05) is 37.7 Å². The van der Waals surface area contributed by atoms with Crippen molar-refractivity contribution < 1.29 is 32.6 Å². The molecule has 0 radical (unpaired) electrons. The second-order valence-corrected chi connectivity index (χ2v) is 14.9. The van der Waals surface area contributed by atoms with Gasteiger partial charge in [-0.2, -0.15) is 14.8 Å². The zero-order valence-corrected chi connectivity index (χ0v) is 29.6. The summed E-state index contributed by atoms with van der Waals surface area (Å²) in [4.78, 5) is 36.9. The molecule has 4 atom stereocenters. The predicted octanol–water partition coefficient (Wildman–Crippen LogP) is 5.66. The summed E-state index contributed by atoms with van der Waals surface area (Å²) in [6.45, 7) is 1.85. The normalized spacial score (nSPS) is 23.2. The van der Waals surface area contributed by atoms with Gasteiger partial charge in [0.2, 0.25) is 0 Å². The lowest BCUT2D eigenvalue weighted by atomic mass is 9.95. The molecule has 4 aliphatic rings. The molecule has 1 N–H and O–H groups in total. The highest BCUT2D eigenvalue weighted by molar-refractivity contribution is 6.43. The number of aromatic nitrogens is 3. The van der Waals surface area contributed by atoms with Crippen LogP contribution < -0.4 is 9.64 Å². The number of phenols is 1. The van der Waals surface area contributed by atoms with Crippen LogP contribution in [0.15, 0.2) is 60.8 Å². The van der Waals surface area contributed by atoms with Gasteiger partial charge < -0.3 is 25.2 Å². The molecule has 6 heterocycles. The van der Waals surface area contributed by atoms with Crippen molar-refractivity contribution in [3.63, 3.8) is 0 Å². The first-order valence-electron chi connectivity index (χ1n) is 18.3. The monoisotopic (exact) mass is 744 g/mol. The van der Waals surface area contributed by atoms with Crippen molar-refractivity contribution in [1.82, 2.24) is 24.8 Å². The summed E-state index contributed by atoms with van der Waals surface area (Å²) in [5, 5.41) is 11.5. The van der Waals surface area contributed by atoms with Crippen LogP contribution in [-0.4, -0.2) is 103 Å². The van der Waals surface area contributed by atoms with Gasteiger partial charge in [0, 0.05) is 43.2 Å². The molecule has 4 aliphatic heterocycles. The summed E-state index contributed by atoms with van der Waals surface area (Å²) in [6, 6.07) is 13.4. The minimum absolute atomic E-state index is 0.0527. The number of rotatable bonds is 7. The Kier molecular flexibility index (Phi) is 8.44. The first kappa shape index (κ1) is 34.7. The van der Waals surface area contributed by atoms with E-state index >= 15 is 4.39 Å². The summed E-state index contributed by atoms with van der Waals surface area (Å²) in [5.74, 6) is 0.568. The highest BCUT2D eigenvalue weighted by atomic mass is 19.1. The molecule has 3 aromatic carbocycles. The van der Waals surface area contributed by atoms with Crippen LogP contribution in [-0.2, 0) is 4.79 Å². The van der Waals surface area contributed by atoms with Crippen molar-refractivity contribution in [1.29, 1.82) is 0 Å². The molecule has 2 aromatic heterocycles. The second kappa shape index (κ2) is 13.4. The summed E-state index contributed by atoms with van der Waals surface area (Å²) < 4.78 is 53.0. The summed E-state index contributed by atoms with van der Waals surface area (Å²) in [5.41, 5.74) is 9.45. The molecular formula is C41H35F3N8O3. The molecule has 1 amide bonds. The van der Waals surface area contributed by atoms with E-state index in [0.717, 1.165) is 19.4 Å². The minimum atomic E-state index is -0.981. The van der Waals surface area contributed by atoms with Gasteiger partial charge in [0.15, 0.2) is 5.82 Å². The van der Waals surface area contributed by atoms with Crippen molar-refractivity contribution in [3.05, 3.63) is 89.1 Å². The van der Waals surface area contributed by atoms with Crippen LogP contribution in [0.1, 0.15) is 43.2 Å². The number of halogens is 3. The third kappa shape index (κ3) is 5.73. The number of nitrogens with zero attached hydrogens (tertiary/aromatic N) is 8. The first-order valence-corrected chi connectivity index (χ1v) is 18.3. The second-order valence-electron chi connectivity index (χ2n) is 14.9. The van der Waals surface area contributed by atoms with Crippen LogP contribution in [0, 0.1) is 24.0 Å². The molecule has 4 fully saturated rings. The lowest BCUT2D eigenvalue weighted by Gasteiger charge is -2.41. The topological polar surface area (TPSA) is 131 Å². The molecule has 0 spiro atoms. The molecule has 55 heavy (non-hydrogen) atoms. The van der Waals surface area contributed by atoms with Crippen LogP contribution in [0.25, 0.3) is 38.5 Å². The highest BCUT2D eigenvalue weighted by Crippen LogP contribution is 2.42. The van der Waals surface area contributed by atoms with Crippen molar-refractivity contribution in [2.24, 2.45) is 0 Å². The van der Waals surface area contributed by atoms with Gasteiger partial charge >= 0.3 is 17.6 Å². The summed E-state index contributed by atoms with van der Waals surface area (Å²) in [6.07, 6.45) is 9.50. The molecule has 5 aromatic rings. The number of phenolic OH excluding ortho intramolecular Hbond substituents is 1. The Hall–Kier alpha value is -6.03. The number of aromatic hydroxyl groups is 1. The quantitative estimate of drug-likeness (QED) is 0.0978. The Bertz CT molecular complexity index is 2480. The Morgan fingerprint density at radius 1 is 1.09 bits per heavy atom. The number of hydrogen-bond acceptors (Lipinski definition) is 8. The molecule has 14 heteroatoms. The van der Waals surface area contributed by atoms with Gasteiger partial charge in [0.25, 0.3) is 0 Å². The van der Waals surface area contributed by atoms with Crippen LogP contribution >= 0.6 is 0 Å². The Morgan fingerprint density at radius 2 is 1.87 bits per heavy atom. The average molecular weight is 745 g/mol. The van der Waals surface area contributed by atoms with Gasteiger partial charge in [-0.1, -0.05) is 30.2 Å². The van der Waals surface area contributed by atoms with E-state index in [1.807, 2.05) is 11.0 Å². The van der Waals surface area contributed by atoms with E-state index in [-0.39, 0.29) is 75.2 Å². The number of carbonyl (C=O) groups excluding carboxylic acids is 1. The molecule has 11 nitrogen and oxygen atoms in total. The minimum Gasteiger partial charge on any atom is -0.508 e. The van der Waals surface area contributed by atoms with Crippen molar-refractivity contribution in [3.8, 4) is 35.4 Å². The number of anilines is 1. The number of alkyl halides is 1. The van der Waals surface area contributed by atoms with E-state index in [9.17, 15) is 24.2 Å². The molecule has 3 unspecified atom stereocenters. The van der Waals surface area contributed by atoms with Crippen molar-refractivity contribution in [2.45, 2.75) is 55.9 Å². The SMILES string of the molecule is C#Cc1c(F)ccc2cc(O)cc(-c3ncc4c(N5CC6CCC(C5)N6C(=O)C(=[N+]=[N-])c5ccccc5)nc(OCC56CCCN5C[C@H](F)C6)nc4c3F)c12. The molecule has 0 aliphatic carbocycles. The zero-order valence-electron chi connectivity index (χ0n) is 29.6. The molecule has 278 valence electrons. The lowest BCUT2D eigenvalue weighted by Crippen LogP contribution is -2.57. The van der Waals surface area contributed by atoms with E-state index in [1.54, 1.807) is 29.2 Å². The molecule has 4 saturated heterocycles. The molecule has 2 bridgehead atoms. The zero-order chi connectivity index (χ0) is 38.0. The number of amides is 1. The predicted molar refractivity (Wildman–Crippen MR) is 198 cm³/mol. The number of benzene rings is 3. The Labute approximate surface area is 314 Å². The number of fused-ring (bicyclic) bond motifs is 5. The fourth-order valence-corrected chi connectivity index (χ4v) is 9.27. The van der Waals surface area contributed by atoms with E-state index < -0.39 is 23.3 Å². The van der Waals surface area contributed by atoms with Gasteiger partial charge in [-0.25, -0.2) is 13.2 Å². The number of carbonyl (C=O) groups is 1. The standard InChI is InChI=1S/C41H35F3N8O3/c1-2-29-32(43)12-9-24-15-28(53)16-30(33(24)29)36-34(44)37-31(18-46-36)38(48-40(47-37)55-22-41-13-6-14-51(41)19-25(42)17-41)50-20-26-10-11-27(21-50)52(26)39(54)35(49-45)23-7-4-3-5-8-23/h1,3-5,7-9,12,15-16,18,25-27,53H,6,10-11,13-14,17,19-22H2/t25-,26?,27?,41?/m1/s1.